The monoisotopic (exact) mass is 511 g/mol. The van der Waals surface area contributed by atoms with Crippen LogP contribution in [0.15, 0.2) is 60.9 Å². The number of benzene rings is 2. The molecule has 0 atom stereocenters. The van der Waals surface area contributed by atoms with Gasteiger partial charge >= 0.3 is 5.97 Å². The first kappa shape index (κ1) is 23.9. The Balaban J connectivity index is 1.51. The summed E-state index contributed by atoms with van der Waals surface area (Å²) < 4.78 is 7.03. The van der Waals surface area contributed by atoms with Crippen LogP contribution in [-0.4, -0.2) is 32.5 Å². The highest BCUT2D eigenvalue weighted by Crippen LogP contribution is 2.40. The van der Waals surface area contributed by atoms with Crippen LogP contribution < -0.4 is 10.6 Å². The molecule has 0 amide bonds. The molecule has 0 fully saturated rings. The van der Waals surface area contributed by atoms with Crippen molar-refractivity contribution in [2.75, 3.05) is 17.2 Å². The van der Waals surface area contributed by atoms with Gasteiger partial charge in [0.25, 0.3) is 0 Å². The highest BCUT2D eigenvalue weighted by atomic mass is 35.5. The first-order valence-corrected chi connectivity index (χ1v) is 12.1. The summed E-state index contributed by atoms with van der Waals surface area (Å²) in [5.41, 5.74) is 3.28. The van der Waals surface area contributed by atoms with Crippen LogP contribution in [0.1, 0.15) is 27.7 Å². The van der Waals surface area contributed by atoms with E-state index in [1.165, 1.54) is 11.3 Å². The molecule has 0 saturated carbocycles. The maximum absolute atomic E-state index is 12.9. The van der Waals surface area contributed by atoms with Gasteiger partial charge in [0.05, 0.1) is 13.2 Å². The SMILES string of the molecule is CCOC(=O)c1c(NC(=S)Nc2ncn(Cc3ccc(Cl)cc3)n2)sc(C)c1-c1ccccc1. The Morgan fingerprint density at radius 3 is 2.59 bits per heavy atom. The Bertz CT molecular complexity index is 1300. The molecule has 0 aliphatic carbocycles. The van der Waals surface area contributed by atoms with Gasteiger partial charge in [0.2, 0.25) is 5.95 Å². The molecular weight excluding hydrogens is 490 g/mol. The van der Waals surface area contributed by atoms with E-state index in [4.69, 9.17) is 28.6 Å². The molecule has 10 heteroatoms. The summed E-state index contributed by atoms with van der Waals surface area (Å²) in [6.45, 7) is 4.57. The lowest BCUT2D eigenvalue weighted by atomic mass is 10.0. The molecule has 2 aromatic heterocycles. The first-order chi connectivity index (χ1) is 16.4. The van der Waals surface area contributed by atoms with E-state index in [-0.39, 0.29) is 11.7 Å². The molecule has 0 aliphatic heterocycles. The van der Waals surface area contributed by atoms with Gasteiger partial charge in [-0.3, -0.25) is 5.32 Å². The van der Waals surface area contributed by atoms with Crippen molar-refractivity contribution in [2.45, 2.75) is 20.4 Å². The van der Waals surface area contributed by atoms with Crippen LogP contribution in [0, 0.1) is 6.92 Å². The van der Waals surface area contributed by atoms with Crippen LogP contribution in [0.4, 0.5) is 10.9 Å². The second kappa shape index (κ2) is 10.8. The lowest BCUT2D eigenvalue weighted by molar-refractivity contribution is 0.0529. The minimum atomic E-state index is -0.402. The number of hydrogen-bond acceptors (Lipinski definition) is 6. The molecule has 0 spiro atoms. The number of carbonyl (C=O) groups is 1. The van der Waals surface area contributed by atoms with Crippen LogP contribution in [0.2, 0.25) is 5.02 Å². The topological polar surface area (TPSA) is 81.1 Å². The fourth-order valence-electron chi connectivity index (χ4n) is 3.42. The number of nitrogens with one attached hydrogen (secondary N) is 2. The summed E-state index contributed by atoms with van der Waals surface area (Å²) in [6.07, 6.45) is 1.62. The van der Waals surface area contributed by atoms with Crippen molar-refractivity contribution in [3.63, 3.8) is 0 Å². The van der Waals surface area contributed by atoms with Crippen molar-refractivity contribution in [3.05, 3.63) is 82.0 Å². The number of aryl methyl sites for hydroxylation is 1. The average Bonchev–Trinajstić information content (AvgIpc) is 3.39. The van der Waals surface area contributed by atoms with Crippen LogP contribution in [0.25, 0.3) is 11.1 Å². The van der Waals surface area contributed by atoms with Gasteiger partial charge in [-0.1, -0.05) is 54.1 Å². The van der Waals surface area contributed by atoms with Crippen molar-refractivity contribution in [1.82, 2.24) is 14.8 Å². The normalized spacial score (nSPS) is 10.7. The van der Waals surface area contributed by atoms with E-state index in [1.54, 1.807) is 17.9 Å². The third kappa shape index (κ3) is 5.61. The second-order valence-electron chi connectivity index (χ2n) is 7.30. The van der Waals surface area contributed by atoms with E-state index in [0.717, 1.165) is 21.6 Å². The van der Waals surface area contributed by atoms with Gasteiger partial charge in [0, 0.05) is 15.5 Å². The van der Waals surface area contributed by atoms with E-state index in [0.29, 0.717) is 28.1 Å². The van der Waals surface area contributed by atoms with E-state index in [9.17, 15) is 4.79 Å². The van der Waals surface area contributed by atoms with Crippen LogP contribution >= 0.6 is 35.2 Å². The zero-order valence-electron chi connectivity index (χ0n) is 18.5. The molecule has 4 aromatic rings. The summed E-state index contributed by atoms with van der Waals surface area (Å²) in [4.78, 5) is 18.1. The minimum Gasteiger partial charge on any atom is -0.462 e. The molecular formula is C24H22ClN5O2S2. The standard InChI is InChI=1S/C24H22ClN5O2S2/c1-3-32-22(31)20-19(17-7-5-4-6-8-17)15(2)34-21(20)27-24(33)28-23-26-14-30(29-23)13-16-9-11-18(25)12-10-16/h4-12,14H,3,13H2,1-2H3,(H2,27,28,29,33). The van der Waals surface area contributed by atoms with Crippen molar-refractivity contribution in [1.29, 1.82) is 0 Å². The average molecular weight is 512 g/mol. The Hall–Kier alpha value is -3.27. The summed E-state index contributed by atoms with van der Waals surface area (Å²) in [6, 6.07) is 17.3. The van der Waals surface area contributed by atoms with Gasteiger partial charge in [-0.05, 0) is 49.3 Å². The molecule has 0 radical (unpaired) electrons. The molecule has 0 aliphatic rings. The number of carbonyl (C=O) groups excluding carboxylic acids is 1. The lowest BCUT2D eigenvalue weighted by Crippen LogP contribution is -2.21. The largest absolute Gasteiger partial charge is 0.462 e. The number of anilines is 2. The number of aromatic nitrogens is 3. The molecule has 4 rings (SSSR count). The smallest absolute Gasteiger partial charge is 0.341 e. The number of thiophene rings is 1. The van der Waals surface area contributed by atoms with Crippen molar-refractivity contribution in [3.8, 4) is 11.1 Å². The summed E-state index contributed by atoms with van der Waals surface area (Å²) >= 11 is 12.9. The molecule has 2 N–H and O–H groups in total. The maximum atomic E-state index is 12.9. The van der Waals surface area contributed by atoms with Gasteiger partial charge in [-0.15, -0.1) is 16.4 Å². The van der Waals surface area contributed by atoms with Crippen molar-refractivity contribution >= 4 is 57.2 Å². The van der Waals surface area contributed by atoms with Gasteiger partial charge in [0.1, 0.15) is 16.9 Å². The van der Waals surface area contributed by atoms with E-state index in [1.807, 2.05) is 61.5 Å². The third-order valence-corrected chi connectivity index (χ3v) is 6.35. The number of nitrogens with zero attached hydrogens (tertiary/aromatic N) is 3. The predicted octanol–water partition coefficient (Wildman–Crippen LogP) is 6.00. The Labute approximate surface area is 211 Å². The summed E-state index contributed by atoms with van der Waals surface area (Å²) in [5, 5.41) is 12.1. The number of hydrogen-bond donors (Lipinski definition) is 2. The van der Waals surface area contributed by atoms with Gasteiger partial charge in [-0.2, -0.15) is 0 Å². The highest BCUT2D eigenvalue weighted by molar-refractivity contribution is 7.80. The van der Waals surface area contributed by atoms with Gasteiger partial charge in [0.15, 0.2) is 5.11 Å². The number of thiocarbonyl (C=S) groups is 1. The molecule has 0 unspecified atom stereocenters. The zero-order valence-corrected chi connectivity index (χ0v) is 20.9. The fraction of sp³-hybridized carbons (Fsp3) is 0.167. The minimum absolute atomic E-state index is 0.274. The van der Waals surface area contributed by atoms with E-state index in [2.05, 4.69) is 20.7 Å². The molecule has 34 heavy (non-hydrogen) atoms. The van der Waals surface area contributed by atoms with Crippen molar-refractivity contribution < 1.29 is 9.53 Å². The fourth-order valence-corrected chi connectivity index (χ4v) is 4.88. The van der Waals surface area contributed by atoms with Crippen LogP contribution in [0.5, 0.6) is 0 Å². The number of ether oxygens (including phenoxy) is 1. The Kier molecular flexibility index (Phi) is 7.56. The second-order valence-corrected chi connectivity index (χ2v) is 9.36. The van der Waals surface area contributed by atoms with Crippen LogP contribution in [-0.2, 0) is 11.3 Å². The Morgan fingerprint density at radius 1 is 1.15 bits per heavy atom. The number of rotatable bonds is 7. The quantitative estimate of drug-likeness (QED) is 0.232. The Morgan fingerprint density at radius 2 is 1.88 bits per heavy atom. The molecule has 2 heterocycles. The van der Waals surface area contributed by atoms with Gasteiger partial charge < -0.3 is 10.1 Å². The van der Waals surface area contributed by atoms with Crippen LogP contribution in [0.3, 0.4) is 0 Å². The van der Waals surface area contributed by atoms with Crippen molar-refractivity contribution in [2.24, 2.45) is 0 Å². The zero-order chi connectivity index (χ0) is 24.1. The number of halogens is 1. The molecule has 0 bridgehead atoms. The number of esters is 1. The third-order valence-electron chi connectivity index (χ3n) is 4.87. The molecule has 7 nitrogen and oxygen atoms in total. The van der Waals surface area contributed by atoms with Gasteiger partial charge in [-0.25, -0.2) is 14.5 Å². The first-order valence-electron chi connectivity index (χ1n) is 10.5. The molecule has 2 aromatic carbocycles. The predicted molar refractivity (Wildman–Crippen MR) is 141 cm³/mol. The van der Waals surface area contributed by atoms with E-state index < -0.39 is 5.97 Å². The molecule has 174 valence electrons. The summed E-state index contributed by atoms with van der Waals surface area (Å²) in [5.74, 6) is -0.0536. The lowest BCUT2D eigenvalue weighted by Gasteiger charge is -2.10. The summed E-state index contributed by atoms with van der Waals surface area (Å²) in [7, 11) is 0. The molecule has 0 saturated heterocycles. The maximum Gasteiger partial charge on any atom is 0.341 e. The van der Waals surface area contributed by atoms with E-state index >= 15 is 0 Å². The highest BCUT2D eigenvalue weighted by Gasteiger charge is 2.25.